The summed E-state index contributed by atoms with van der Waals surface area (Å²) in [7, 11) is 1.45. The zero-order valence-electron chi connectivity index (χ0n) is 20.0. The molecule has 0 saturated heterocycles. The molecule has 8 nitrogen and oxygen atoms in total. The maximum atomic E-state index is 13.2. The summed E-state index contributed by atoms with van der Waals surface area (Å²) in [6.07, 6.45) is -1.57. The maximum absolute atomic E-state index is 13.2. The Morgan fingerprint density at radius 2 is 1.59 bits per heavy atom. The van der Waals surface area contributed by atoms with Crippen LogP contribution >= 0.6 is 0 Å². The second-order valence-corrected chi connectivity index (χ2v) is 8.46. The summed E-state index contributed by atoms with van der Waals surface area (Å²) in [5, 5.41) is 11.7. The fraction of sp³-hybridized carbons (Fsp3) is 0.423. The maximum Gasteiger partial charge on any atom is 0.407 e. The van der Waals surface area contributed by atoms with Gasteiger partial charge in [0.15, 0.2) is 0 Å². The van der Waals surface area contributed by atoms with Crippen LogP contribution in [0.25, 0.3) is 11.1 Å². The van der Waals surface area contributed by atoms with E-state index in [0.717, 1.165) is 22.3 Å². The van der Waals surface area contributed by atoms with Gasteiger partial charge in [0.05, 0.1) is 12.5 Å². The van der Waals surface area contributed by atoms with Crippen LogP contribution in [0.4, 0.5) is 4.79 Å². The number of hydrogen-bond acceptors (Lipinski definition) is 5. The van der Waals surface area contributed by atoms with E-state index in [-0.39, 0.29) is 18.9 Å². The average molecular weight is 469 g/mol. The van der Waals surface area contributed by atoms with Crippen molar-refractivity contribution in [2.75, 3.05) is 20.3 Å². The topological polar surface area (TPSA) is 105 Å². The fourth-order valence-electron chi connectivity index (χ4n) is 4.51. The average Bonchev–Trinajstić information content (AvgIpc) is 3.14. The third-order valence-electron chi connectivity index (χ3n) is 6.35. The van der Waals surface area contributed by atoms with Gasteiger partial charge in [0, 0.05) is 25.6 Å². The Labute approximate surface area is 199 Å². The third kappa shape index (κ3) is 5.39. The van der Waals surface area contributed by atoms with E-state index in [0.29, 0.717) is 6.54 Å². The Balaban J connectivity index is 1.71. The molecule has 3 atom stereocenters. The lowest BCUT2D eigenvalue weighted by molar-refractivity contribution is -0.142. The molecule has 0 radical (unpaired) electrons. The van der Waals surface area contributed by atoms with Gasteiger partial charge in [0.25, 0.3) is 0 Å². The Hall–Kier alpha value is -3.39. The Bertz CT molecular complexity index is 994. The lowest BCUT2D eigenvalue weighted by Crippen LogP contribution is -2.56. The van der Waals surface area contributed by atoms with Crippen molar-refractivity contribution in [1.82, 2.24) is 10.2 Å². The zero-order chi connectivity index (χ0) is 24.8. The van der Waals surface area contributed by atoms with E-state index in [9.17, 15) is 14.4 Å². The molecule has 0 aliphatic heterocycles. The number of rotatable bonds is 10. The predicted octanol–water partition coefficient (Wildman–Crippen LogP) is 3.64. The van der Waals surface area contributed by atoms with E-state index >= 15 is 0 Å². The van der Waals surface area contributed by atoms with E-state index in [1.54, 1.807) is 20.8 Å². The number of amides is 2. The largest absolute Gasteiger partial charge is 0.481 e. The van der Waals surface area contributed by atoms with Gasteiger partial charge in [-0.3, -0.25) is 9.59 Å². The molecule has 0 heterocycles. The van der Waals surface area contributed by atoms with Crippen LogP contribution in [0.3, 0.4) is 0 Å². The van der Waals surface area contributed by atoms with Gasteiger partial charge in [-0.05, 0) is 43.0 Å². The van der Waals surface area contributed by atoms with Gasteiger partial charge in [0.2, 0.25) is 5.91 Å². The standard InChI is InChI=1S/C26H32N2O6/c1-5-28(16(2)14-23(29)30)25(31)24(17(3)33-4)27-26(32)34-15-22-20-12-8-6-10-18(20)19-11-7-9-13-21(19)22/h6-13,16-17,22,24H,5,14-15H2,1-4H3,(H,27,32)(H,29,30). The van der Waals surface area contributed by atoms with E-state index in [2.05, 4.69) is 17.4 Å². The van der Waals surface area contributed by atoms with Crippen molar-refractivity contribution < 1.29 is 29.0 Å². The molecule has 3 unspecified atom stereocenters. The number of hydrogen-bond donors (Lipinski definition) is 2. The molecular formula is C26H32N2O6. The fourth-order valence-corrected chi connectivity index (χ4v) is 4.51. The summed E-state index contributed by atoms with van der Waals surface area (Å²) in [4.78, 5) is 38.5. The third-order valence-corrected chi connectivity index (χ3v) is 6.35. The van der Waals surface area contributed by atoms with Crippen LogP contribution in [0, 0.1) is 0 Å². The molecule has 0 bridgehead atoms. The summed E-state index contributed by atoms with van der Waals surface area (Å²) in [5.74, 6) is -1.52. The first-order chi connectivity index (χ1) is 16.3. The van der Waals surface area contributed by atoms with Crippen molar-refractivity contribution in [2.45, 2.75) is 51.3 Å². The number of carbonyl (C=O) groups excluding carboxylic acids is 2. The highest BCUT2D eigenvalue weighted by atomic mass is 16.5. The Morgan fingerprint density at radius 3 is 2.09 bits per heavy atom. The SMILES string of the molecule is CCN(C(=O)C(NC(=O)OCC1c2ccccc2-c2ccccc21)C(C)OC)C(C)CC(=O)O. The minimum Gasteiger partial charge on any atom is -0.481 e. The number of ether oxygens (including phenoxy) is 2. The number of aliphatic carboxylic acids is 1. The molecule has 0 aromatic heterocycles. The van der Waals surface area contributed by atoms with E-state index in [4.69, 9.17) is 14.6 Å². The molecular weight excluding hydrogens is 436 g/mol. The molecule has 1 aliphatic carbocycles. The lowest BCUT2D eigenvalue weighted by Gasteiger charge is -2.33. The number of carbonyl (C=O) groups is 3. The number of carboxylic acids is 1. The quantitative estimate of drug-likeness (QED) is 0.552. The van der Waals surface area contributed by atoms with Gasteiger partial charge in [-0.2, -0.15) is 0 Å². The first-order valence-corrected chi connectivity index (χ1v) is 11.4. The van der Waals surface area contributed by atoms with Gasteiger partial charge in [-0.25, -0.2) is 4.79 Å². The summed E-state index contributed by atoms with van der Waals surface area (Å²) >= 11 is 0. The first kappa shape index (κ1) is 25.2. The summed E-state index contributed by atoms with van der Waals surface area (Å²) < 4.78 is 10.9. The van der Waals surface area contributed by atoms with Crippen LogP contribution in [-0.4, -0.2) is 66.4 Å². The van der Waals surface area contributed by atoms with Crippen LogP contribution in [-0.2, 0) is 19.1 Å². The van der Waals surface area contributed by atoms with Crippen molar-refractivity contribution in [3.63, 3.8) is 0 Å². The zero-order valence-corrected chi connectivity index (χ0v) is 20.0. The monoisotopic (exact) mass is 468 g/mol. The van der Waals surface area contributed by atoms with E-state index in [1.165, 1.54) is 12.0 Å². The number of nitrogens with zero attached hydrogens (tertiary/aromatic N) is 1. The molecule has 182 valence electrons. The van der Waals surface area contributed by atoms with Gasteiger partial charge in [-0.1, -0.05) is 48.5 Å². The first-order valence-electron chi connectivity index (χ1n) is 11.4. The van der Waals surface area contributed by atoms with Crippen molar-refractivity contribution in [3.05, 3.63) is 59.7 Å². The van der Waals surface area contributed by atoms with Gasteiger partial charge in [0.1, 0.15) is 12.6 Å². The summed E-state index contributed by atoms with van der Waals surface area (Å²) in [6, 6.07) is 14.5. The summed E-state index contributed by atoms with van der Waals surface area (Å²) in [6.45, 7) is 5.51. The number of benzene rings is 2. The van der Waals surface area contributed by atoms with Gasteiger partial charge in [-0.15, -0.1) is 0 Å². The van der Waals surface area contributed by atoms with Crippen LogP contribution in [0.15, 0.2) is 48.5 Å². The molecule has 3 rings (SSSR count). The molecule has 8 heteroatoms. The second-order valence-electron chi connectivity index (χ2n) is 8.46. The number of likely N-dealkylation sites (N-methyl/N-ethyl adjacent to an activating group) is 1. The minimum atomic E-state index is -1.02. The van der Waals surface area contributed by atoms with Crippen molar-refractivity contribution in [1.29, 1.82) is 0 Å². The van der Waals surface area contributed by atoms with Crippen LogP contribution in [0.2, 0.25) is 0 Å². The van der Waals surface area contributed by atoms with Crippen LogP contribution in [0.5, 0.6) is 0 Å². The minimum absolute atomic E-state index is 0.102. The molecule has 2 aromatic carbocycles. The van der Waals surface area contributed by atoms with Crippen molar-refractivity contribution >= 4 is 18.0 Å². The van der Waals surface area contributed by atoms with Crippen molar-refractivity contribution in [3.8, 4) is 11.1 Å². The highest BCUT2D eigenvalue weighted by Crippen LogP contribution is 2.44. The molecule has 0 saturated carbocycles. The number of alkyl carbamates (subject to hydrolysis) is 1. The molecule has 0 spiro atoms. The Morgan fingerprint density at radius 1 is 1.03 bits per heavy atom. The van der Waals surface area contributed by atoms with E-state index in [1.807, 2.05) is 36.4 Å². The lowest BCUT2D eigenvalue weighted by atomic mass is 9.98. The number of methoxy groups -OCH3 is 1. The number of carboxylic acid groups (broad SMARTS) is 1. The molecule has 2 N–H and O–H groups in total. The van der Waals surface area contributed by atoms with E-state index < -0.39 is 36.2 Å². The normalized spacial score (nSPS) is 14.9. The smallest absolute Gasteiger partial charge is 0.407 e. The molecule has 2 aromatic rings. The van der Waals surface area contributed by atoms with Crippen LogP contribution < -0.4 is 5.32 Å². The van der Waals surface area contributed by atoms with Crippen LogP contribution in [0.1, 0.15) is 44.2 Å². The number of fused-ring (bicyclic) bond motifs is 3. The molecule has 1 aliphatic rings. The van der Waals surface area contributed by atoms with Gasteiger partial charge >= 0.3 is 12.1 Å². The van der Waals surface area contributed by atoms with Gasteiger partial charge < -0.3 is 24.8 Å². The number of nitrogens with one attached hydrogen (secondary N) is 1. The molecule has 34 heavy (non-hydrogen) atoms. The molecule has 2 amide bonds. The highest BCUT2D eigenvalue weighted by molar-refractivity contribution is 5.87. The highest BCUT2D eigenvalue weighted by Gasteiger charge is 2.34. The van der Waals surface area contributed by atoms with Crippen molar-refractivity contribution in [2.24, 2.45) is 0 Å². The molecule has 0 fully saturated rings. The second kappa shape index (κ2) is 11.2. The summed E-state index contributed by atoms with van der Waals surface area (Å²) in [5.41, 5.74) is 4.43. The Kier molecular flexibility index (Phi) is 8.28. The predicted molar refractivity (Wildman–Crippen MR) is 128 cm³/mol.